The summed E-state index contributed by atoms with van der Waals surface area (Å²) in [5.41, 5.74) is 2.62. The lowest BCUT2D eigenvalue weighted by atomic mass is 10.1. The van der Waals surface area contributed by atoms with E-state index in [2.05, 4.69) is 10.3 Å². The van der Waals surface area contributed by atoms with Gasteiger partial charge in [-0.1, -0.05) is 18.2 Å². The normalized spacial score (nSPS) is 10.7. The fourth-order valence-electron chi connectivity index (χ4n) is 2.56. The first-order valence-corrected chi connectivity index (χ1v) is 7.15. The number of hydrogen-bond acceptors (Lipinski definition) is 3. The first-order chi connectivity index (χ1) is 10.5. The lowest BCUT2D eigenvalue weighted by Crippen LogP contribution is -2.11. The molecule has 0 bridgehead atoms. The molecule has 0 aliphatic heterocycles. The van der Waals surface area contributed by atoms with Crippen molar-refractivity contribution in [3.05, 3.63) is 60.0 Å². The fourth-order valence-corrected chi connectivity index (χ4v) is 2.56. The number of hydrogen-bond donors (Lipinski definition) is 1. The lowest BCUT2D eigenvalue weighted by Gasteiger charge is -2.17. The van der Waals surface area contributed by atoms with Crippen LogP contribution >= 0.6 is 0 Å². The fraction of sp³-hybridized carbons (Fsp3) is 0.167. The molecular formula is C18H18FN3. The van der Waals surface area contributed by atoms with Crippen LogP contribution in [-0.4, -0.2) is 19.1 Å². The van der Waals surface area contributed by atoms with Gasteiger partial charge in [0.1, 0.15) is 11.6 Å². The minimum atomic E-state index is -0.253. The zero-order chi connectivity index (χ0) is 15.7. The average molecular weight is 295 g/mol. The summed E-state index contributed by atoms with van der Waals surface area (Å²) >= 11 is 0. The van der Waals surface area contributed by atoms with Gasteiger partial charge in [0.25, 0.3) is 0 Å². The first kappa shape index (κ1) is 14.3. The number of aryl methyl sites for hydroxylation is 1. The number of fused-ring (bicyclic) bond motifs is 1. The zero-order valence-electron chi connectivity index (χ0n) is 12.9. The topological polar surface area (TPSA) is 28.2 Å². The lowest BCUT2D eigenvalue weighted by molar-refractivity contribution is 0.628. The Kier molecular flexibility index (Phi) is 3.67. The zero-order valence-corrected chi connectivity index (χ0v) is 12.9. The van der Waals surface area contributed by atoms with Crippen molar-refractivity contribution in [3.63, 3.8) is 0 Å². The molecule has 1 aromatic heterocycles. The van der Waals surface area contributed by atoms with Crippen LogP contribution in [0.2, 0.25) is 0 Å². The van der Waals surface area contributed by atoms with Gasteiger partial charge in [0, 0.05) is 41.9 Å². The average Bonchev–Trinajstić information content (AvgIpc) is 2.47. The summed E-state index contributed by atoms with van der Waals surface area (Å²) < 4.78 is 13.4. The molecule has 0 saturated carbocycles. The second kappa shape index (κ2) is 5.64. The highest BCUT2D eigenvalue weighted by molar-refractivity contribution is 6.01. The van der Waals surface area contributed by atoms with Gasteiger partial charge in [0.05, 0.1) is 0 Å². The summed E-state index contributed by atoms with van der Waals surface area (Å²) in [5.74, 6) is 0.676. The molecule has 0 spiro atoms. The van der Waals surface area contributed by atoms with Crippen LogP contribution in [0.5, 0.6) is 0 Å². The molecule has 1 heterocycles. The summed E-state index contributed by atoms with van der Waals surface area (Å²) in [5, 5.41) is 5.43. The molecule has 0 atom stereocenters. The van der Waals surface area contributed by atoms with E-state index < -0.39 is 0 Å². The van der Waals surface area contributed by atoms with Crippen molar-refractivity contribution in [2.24, 2.45) is 0 Å². The van der Waals surface area contributed by atoms with Crippen molar-refractivity contribution in [1.29, 1.82) is 0 Å². The van der Waals surface area contributed by atoms with Gasteiger partial charge < -0.3 is 10.2 Å². The van der Waals surface area contributed by atoms with Crippen LogP contribution in [0.25, 0.3) is 10.8 Å². The SMILES string of the molecule is Cc1cc2c(Nc3cccc(F)c3)cccc2c(N(C)C)n1. The Morgan fingerprint density at radius 1 is 1.00 bits per heavy atom. The van der Waals surface area contributed by atoms with Crippen molar-refractivity contribution in [1.82, 2.24) is 4.98 Å². The monoisotopic (exact) mass is 295 g/mol. The second-order valence-corrected chi connectivity index (χ2v) is 5.52. The smallest absolute Gasteiger partial charge is 0.136 e. The molecule has 0 radical (unpaired) electrons. The molecule has 0 fully saturated rings. The third kappa shape index (κ3) is 2.72. The summed E-state index contributed by atoms with van der Waals surface area (Å²) in [6.07, 6.45) is 0. The summed E-state index contributed by atoms with van der Waals surface area (Å²) in [4.78, 5) is 6.60. The Bertz CT molecular complexity index is 828. The molecule has 0 aliphatic rings. The van der Waals surface area contributed by atoms with E-state index >= 15 is 0 Å². The largest absolute Gasteiger partial charge is 0.362 e. The van der Waals surface area contributed by atoms with E-state index in [0.29, 0.717) is 0 Å². The third-order valence-corrected chi connectivity index (χ3v) is 3.51. The second-order valence-electron chi connectivity index (χ2n) is 5.52. The minimum absolute atomic E-state index is 0.253. The van der Waals surface area contributed by atoms with Gasteiger partial charge in [0.2, 0.25) is 0 Å². The molecule has 0 unspecified atom stereocenters. The van der Waals surface area contributed by atoms with Gasteiger partial charge in [-0.2, -0.15) is 0 Å². The number of nitrogens with zero attached hydrogens (tertiary/aromatic N) is 2. The molecule has 3 nitrogen and oxygen atoms in total. The Morgan fingerprint density at radius 3 is 2.50 bits per heavy atom. The van der Waals surface area contributed by atoms with Crippen molar-refractivity contribution >= 4 is 28.0 Å². The number of rotatable bonds is 3. The van der Waals surface area contributed by atoms with Gasteiger partial charge in [-0.05, 0) is 37.3 Å². The van der Waals surface area contributed by atoms with Crippen LogP contribution in [0.1, 0.15) is 5.69 Å². The summed E-state index contributed by atoms with van der Waals surface area (Å²) in [6, 6.07) is 14.5. The Balaban J connectivity index is 2.14. The first-order valence-electron chi connectivity index (χ1n) is 7.15. The summed E-state index contributed by atoms with van der Waals surface area (Å²) in [6.45, 7) is 1.98. The summed E-state index contributed by atoms with van der Waals surface area (Å²) in [7, 11) is 3.96. The molecule has 0 saturated heterocycles. The van der Waals surface area contributed by atoms with E-state index in [0.717, 1.165) is 33.7 Å². The number of pyridine rings is 1. The van der Waals surface area contributed by atoms with Crippen LogP contribution in [0.4, 0.5) is 21.6 Å². The van der Waals surface area contributed by atoms with Gasteiger partial charge in [-0.3, -0.25) is 0 Å². The van der Waals surface area contributed by atoms with Gasteiger partial charge in [-0.15, -0.1) is 0 Å². The minimum Gasteiger partial charge on any atom is -0.362 e. The van der Waals surface area contributed by atoms with E-state index in [9.17, 15) is 4.39 Å². The number of aromatic nitrogens is 1. The molecule has 4 heteroatoms. The molecule has 112 valence electrons. The molecule has 3 aromatic rings. The van der Waals surface area contributed by atoms with E-state index in [1.807, 2.05) is 56.3 Å². The van der Waals surface area contributed by atoms with Crippen LogP contribution in [-0.2, 0) is 0 Å². The molecule has 3 rings (SSSR count). The molecule has 0 amide bonds. The van der Waals surface area contributed by atoms with Crippen LogP contribution in [0.15, 0.2) is 48.5 Å². The highest BCUT2D eigenvalue weighted by Crippen LogP contribution is 2.31. The Labute approximate surface area is 129 Å². The highest BCUT2D eigenvalue weighted by atomic mass is 19.1. The highest BCUT2D eigenvalue weighted by Gasteiger charge is 2.09. The quantitative estimate of drug-likeness (QED) is 0.771. The van der Waals surface area contributed by atoms with Gasteiger partial charge in [0.15, 0.2) is 0 Å². The van der Waals surface area contributed by atoms with Gasteiger partial charge in [-0.25, -0.2) is 9.37 Å². The maximum absolute atomic E-state index is 13.4. The molecule has 22 heavy (non-hydrogen) atoms. The predicted molar refractivity (Wildman–Crippen MR) is 90.5 cm³/mol. The number of halogens is 1. The van der Waals surface area contributed by atoms with Crippen molar-refractivity contribution in [3.8, 4) is 0 Å². The number of benzene rings is 2. The third-order valence-electron chi connectivity index (χ3n) is 3.51. The van der Waals surface area contributed by atoms with Gasteiger partial charge >= 0.3 is 0 Å². The number of nitrogens with one attached hydrogen (secondary N) is 1. The molecule has 0 aliphatic carbocycles. The van der Waals surface area contributed by atoms with Crippen molar-refractivity contribution in [2.45, 2.75) is 6.92 Å². The maximum Gasteiger partial charge on any atom is 0.136 e. The van der Waals surface area contributed by atoms with E-state index in [1.165, 1.54) is 12.1 Å². The standard InChI is InChI=1S/C18H18FN3/c1-12-10-16-15(18(20-12)22(2)3)8-5-9-17(16)21-14-7-4-6-13(19)11-14/h4-11,21H,1-3H3. The molecule has 1 N–H and O–H groups in total. The number of anilines is 3. The Hall–Kier alpha value is -2.62. The molecular weight excluding hydrogens is 277 g/mol. The maximum atomic E-state index is 13.4. The van der Waals surface area contributed by atoms with E-state index in [4.69, 9.17) is 0 Å². The van der Waals surface area contributed by atoms with Crippen molar-refractivity contribution in [2.75, 3.05) is 24.3 Å². The predicted octanol–water partition coefficient (Wildman–Crippen LogP) is 4.49. The molecule has 2 aromatic carbocycles. The van der Waals surface area contributed by atoms with Crippen molar-refractivity contribution < 1.29 is 4.39 Å². The van der Waals surface area contributed by atoms with Crippen LogP contribution in [0.3, 0.4) is 0 Å². The van der Waals surface area contributed by atoms with Crippen LogP contribution < -0.4 is 10.2 Å². The Morgan fingerprint density at radius 2 is 1.77 bits per heavy atom. The van der Waals surface area contributed by atoms with E-state index in [-0.39, 0.29) is 5.82 Å². The van der Waals surface area contributed by atoms with E-state index in [1.54, 1.807) is 6.07 Å². The van der Waals surface area contributed by atoms with Crippen LogP contribution in [0, 0.1) is 12.7 Å².